The van der Waals surface area contributed by atoms with Gasteiger partial charge in [0.15, 0.2) is 0 Å². The number of nitrogens with zero attached hydrogens (tertiary/aromatic N) is 1. The van der Waals surface area contributed by atoms with Crippen molar-refractivity contribution in [2.75, 3.05) is 30.4 Å². The Balaban J connectivity index is 1.81. The highest BCUT2D eigenvalue weighted by atomic mass is 32.1. The Morgan fingerprint density at radius 1 is 1.18 bits per heavy atom. The van der Waals surface area contributed by atoms with E-state index in [0.29, 0.717) is 11.3 Å². The van der Waals surface area contributed by atoms with Crippen molar-refractivity contribution in [2.24, 2.45) is 0 Å². The molecule has 22 heavy (non-hydrogen) atoms. The molecule has 1 N–H and O–H groups in total. The second-order valence-corrected chi connectivity index (χ2v) is 6.12. The van der Waals surface area contributed by atoms with Gasteiger partial charge in [-0.15, -0.1) is 11.3 Å². The second-order valence-electron chi connectivity index (χ2n) is 5.37. The summed E-state index contributed by atoms with van der Waals surface area (Å²) >= 11 is 1.47. The van der Waals surface area contributed by atoms with Gasteiger partial charge in [-0.1, -0.05) is 12.1 Å². The van der Waals surface area contributed by atoms with E-state index in [1.807, 2.05) is 29.0 Å². The van der Waals surface area contributed by atoms with Gasteiger partial charge in [-0.2, -0.15) is 0 Å². The fourth-order valence-electron chi connectivity index (χ4n) is 2.79. The van der Waals surface area contributed by atoms with Gasteiger partial charge in [-0.05, 0) is 31.4 Å². The molecule has 1 aromatic carbocycles. The van der Waals surface area contributed by atoms with Crippen LogP contribution in [-0.2, 0) is 0 Å². The molecule has 5 heteroatoms. The van der Waals surface area contributed by atoms with Crippen LogP contribution < -0.4 is 15.0 Å². The lowest BCUT2D eigenvalue weighted by Gasteiger charge is -2.30. The van der Waals surface area contributed by atoms with Crippen LogP contribution in [0.4, 0.5) is 11.4 Å². The fourth-order valence-corrected chi connectivity index (χ4v) is 3.56. The number of hydrogen-bond donors (Lipinski definition) is 1. The number of benzene rings is 1. The zero-order valence-electron chi connectivity index (χ0n) is 12.7. The first-order valence-corrected chi connectivity index (χ1v) is 8.49. The number of hydrogen-bond acceptors (Lipinski definition) is 4. The average Bonchev–Trinajstić information content (AvgIpc) is 3.05. The molecule has 0 atom stereocenters. The van der Waals surface area contributed by atoms with E-state index in [0.717, 1.165) is 24.5 Å². The summed E-state index contributed by atoms with van der Waals surface area (Å²) in [5.74, 6) is 0.500. The quantitative estimate of drug-likeness (QED) is 0.927. The van der Waals surface area contributed by atoms with E-state index in [1.165, 1.54) is 30.6 Å². The SMILES string of the molecule is COc1cscc1C(=O)Nc1ccccc1N1CCCCC1. The molecule has 1 aliphatic heterocycles. The number of carbonyl (C=O) groups excluding carboxylic acids is 1. The van der Waals surface area contributed by atoms with E-state index in [-0.39, 0.29) is 5.91 Å². The summed E-state index contributed by atoms with van der Waals surface area (Å²) in [4.78, 5) is 14.8. The molecule has 0 radical (unpaired) electrons. The van der Waals surface area contributed by atoms with Crippen LogP contribution in [-0.4, -0.2) is 26.1 Å². The van der Waals surface area contributed by atoms with Crippen molar-refractivity contribution in [1.29, 1.82) is 0 Å². The number of carbonyl (C=O) groups is 1. The maximum Gasteiger partial charge on any atom is 0.260 e. The molecule has 0 unspecified atom stereocenters. The van der Waals surface area contributed by atoms with E-state index in [2.05, 4.69) is 16.3 Å². The Kier molecular flexibility index (Phi) is 4.63. The molecule has 1 aromatic heterocycles. The van der Waals surface area contributed by atoms with Crippen molar-refractivity contribution in [3.63, 3.8) is 0 Å². The van der Waals surface area contributed by atoms with Gasteiger partial charge >= 0.3 is 0 Å². The number of piperidine rings is 1. The minimum Gasteiger partial charge on any atom is -0.495 e. The molecule has 116 valence electrons. The summed E-state index contributed by atoms with van der Waals surface area (Å²) in [7, 11) is 1.58. The Labute approximate surface area is 134 Å². The molecular weight excluding hydrogens is 296 g/mol. The van der Waals surface area contributed by atoms with Gasteiger partial charge in [0.1, 0.15) is 5.75 Å². The summed E-state index contributed by atoms with van der Waals surface area (Å²) in [6.07, 6.45) is 3.71. The van der Waals surface area contributed by atoms with Crippen molar-refractivity contribution in [3.8, 4) is 5.75 Å². The molecule has 3 rings (SSSR count). The molecule has 1 aliphatic rings. The van der Waals surface area contributed by atoms with Gasteiger partial charge in [-0.25, -0.2) is 0 Å². The molecule has 0 bridgehead atoms. The van der Waals surface area contributed by atoms with Gasteiger partial charge in [0, 0.05) is 23.8 Å². The van der Waals surface area contributed by atoms with E-state index >= 15 is 0 Å². The van der Waals surface area contributed by atoms with Crippen molar-refractivity contribution in [3.05, 3.63) is 40.6 Å². The van der Waals surface area contributed by atoms with Crippen LogP contribution in [0, 0.1) is 0 Å². The lowest BCUT2D eigenvalue weighted by atomic mass is 10.1. The lowest BCUT2D eigenvalue weighted by Crippen LogP contribution is -2.30. The van der Waals surface area contributed by atoms with E-state index < -0.39 is 0 Å². The minimum absolute atomic E-state index is 0.123. The van der Waals surface area contributed by atoms with Gasteiger partial charge in [0.2, 0.25) is 0 Å². The third-order valence-electron chi connectivity index (χ3n) is 3.94. The largest absolute Gasteiger partial charge is 0.495 e. The lowest BCUT2D eigenvalue weighted by molar-refractivity contribution is 0.102. The molecule has 1 saturated heterocycles. The summed E-state index contributed by atoms with van der Waals surface area (Å²) in [5, 5.41) is 6.69. The van der Waals surface area contributed by atoms with Crippen molar-refractivity contribution < 1.29 is 9.53 Å². The van der Waals surface area contributed by atoms with Crippen LogP contribution in [0.5, 0.6) is 5.75 Å². The van der Waals surface area contributed by atoms with E-state index in [1.54, 1.807) is 7.11 Å². The van der Waals surface area contributed by atoms with Crippen LogP contribution >= 0.6 is 11.3 Å². The Hall–Kier alpha value is -2.01. The molecule has 4 nitrogen and oxygen atoms in total. The van der Waals surface area contributed by atoms with Crippen LogP contribution in [0.2, 0.25) is 0 Å². The Morgan fingerprint density at radius 3 is 2.73 bits per heavy atom. The zero-order chi connectivity index (χ0) is 15.4. The molecule has 1 amide bonds. The molecule has 0 spiro atoms. The number of thiophene rings is 1. The highest BCUT2D eigenvalue weighted by Crippen LogP contribution is 2.30. The first kappa shape index (κ1) is 14.9. The summed E-state index contributed by atoms with van der Waals surface area (Å²) in [5.41, 5.74) is 2.55. The van der Waals surface area contributed by atoms with Gasteiger partial charge in [-0.3, -0.25) is 4.79 Å². The van der Waals surface area contributed by atoms with E-state index in [9.17, 15) is 4.79 Å². The predicted molar refractivity (Wildman–Crippen MR) is 91.3 cm³/mol. The summed E-state index contributed by atoms with van der Waals surface area (Å²) < 4.78 is 5.23. The van der Waals surface area contributed by atoms with Gasteiger partial charge in [0.05, 0.1) is 24.0 Å². The highest BCUT2D eigenvalue weighted by molar-refractivity contribution is 7.08. The minimum atomic E-state index is -0.123. The van der Waals surface area contributed by atoms with Crippen molar-refractivity contribution in [2.45, 2.75) is 19.3 Å². The van der Waals surface area contributed by atoms with Crippen molar-refractivity contribution in [1.82, 2.24) is 0 Å². The number of methoxy groups -OCH3 is 1. The normalized spacial score (nSPS) is 14.7. The second kappa shape index (κ2) is 6.83. The van der Waals surface area contributed by atoms with Crippen LogP contribution in [0.25, 0.3) is 0 Å². The summed E-state index contributed by atoms with van der Waals surface area (Å²) in [6, 6.07) is 8.01. The first-order chi connectivity index (χ1) is 10.8. The van der Waals surface area contributed by atoms with Gasteiger partial charge in [0.25, 0.3) is 5.91 Å². The number of anilines is 2. The highest BCUT2D eigenvalue weighted by Gasteiger charge is 2.18. The third-order valence-corrected chi connectivity index (χ3v) is 4.66. The Morgan fingerprint density at radius 2 is 1.95 bits per heavy atom. The molecule has 2 heterocycles. The molecule has 0 aliphatic carbocycles. The number of ether oxygens (including phenoxy) is 1. The van der Waals surface area contributed by atoms with Crippen molar-refractivity contribution >= 4 is 28.6 Å². The van der Waals surface area contributed by atoms with E-state index in [4.69, 9.17) is 4.74 Å². The molecule has 0 saturated carbocycles. The molecule has 2 aromatic rings. The standard InChI is InChI=1S/C17H20N2O2S/c1-21-16-12-22-11-13(16)17(20)18-14-7-3-4-8-15(14)19-9-5-2-6-10-19/h3-4,7-8,11-12H,2,5-6,9-10H2,1H3,(H,18,20). The maximum absolute atomic E-state index is 12.5. The maximum atomic E-state index is 12.5. The number of amides is 1. The zero-order valence-corrected chi connectivity index (χ0v) is 13.5. The number of rotatable bonds is 4. The smallest absolute Gasteiger partial charge is 0.260 e. The van der Waals surface area contributed by atoms with Crippen LogP contribution in [0.1, 0.15) is 29.6 Å². The predicted octanol–water partition coefficient (Wildman–Crippen LogP) is 4.00. The summed E-state index contributed by atoms with van der Waals surface area (Å²) in [6.45, 7) is 2.10. The van der Waals surface area contributed by atoms with Crippen LogP contribution in [0.3, 0.4) is 0 Å². The van der Waals surface area contributed by atoms with Gasteiger partial charge < -0.3 is 15.0 Å². The topological polar surface area (TPSA) is 41.6 Å². The van der Waals surface area contributed by atoms with Crippen LogP contribution in [0.15, 0.2) is 35.0 Å². The molecular formula is C17H20N2O2S. The molecule has 1 fully saturated rings. The average molecular weight is 316 g/mol. The Bertz CT molecular complexity index is 648. The number of para-hydroxylation sites is 2. The monoisotopic (exact) mass is 316 g/mol. The first-order valence-electron chi connectivity index (χ1n) is 7.55. The fraction of sp³-hybridized carbons (Fsp3) is 0.353. The number of nitrogens with one attached hydrogen (secondary N) is 1. The third kappa shape index (κ3) is 3.09.